The molecule has 23 heavy (non-hydrogen) atoms. The lowest BCUT2D eigenvalue weighted by Crippen LogP contribution is -2.38. The highest BCUT2D eigenvalue weighted by Gasteiger charge is 2.48. The van der Waals surface area contributed by atoms with Crippen molar-refractivity contribution in [3.63, 3.8) is 0 Å². The van der Waals surface area contributed by atoms with Crippen LogP contribution >= 0.6 is 34.2 Å². The van der Waals surface area contributed by atoms with Gasteiger partial charge in [0.1, 0.15) is 5.82 Å². The minimum atomic E-state index is -2.76. The molecule has 8 heteroatoms. The summed E-state index contributed by atoms with van der Waals surface area (Å²) in [6, 6.07) is 0. The predicted octanol–water partition coefficient (Wildman–Crippen LogP) is 4.88. The summed E-state index contributed by atoms with van der Waals surface area (Å²) in [6.45, 7) is 3.83. The van der Waals surface area contributed by atoms with Crippen molar-refractivity contribution in [2.45, 2.75) is 38.5 Å². The smallest absolute Gasteiger partial charge is 0.255 e. The third-order valence-corrected chi connectivity index (χ3v) is 5.05. The van der Waals surface area contributed by atoms with Crippen molar-refractivity contribution in [2.24, 2.45) is 11.8 Å². The van der Waals surface area contributed by atoms with Crippen LogP contribution in [0, 0.1) is 11.8 Å². The number of allylic oxidation sites excluding steroid dienone is 2. The number of alkyl halides is 2. The minimum Gasteiger partial charge on any atom is -0.282 e. The van der Waals surface area contributed by atoms with E-state index < -0.39 is 11.8 Å². The van der Waals surface area contributed by atoms with Crippen LogP contribution in [0.2, 0.25) is 5.15 Å². The molecule has 3 unspecified atom stereocenters. The van der Waals surface area contributed by atoms with E-state index in [0.717, 1.165) is 3.58 Å². The van der Waals surface area contributed by atoms with Gasteiger partial charge in [0.2, 0.25) is 0 Å². The van der Waals surface area contributed by atoms with Crippen LogP contribution in [0.1, 0.15) is 38.4 Å². The number of nitrogens with zero attached hydrogens (tertiary/aromatic N) is 4. The molecular formula is C15H16ClF2IN4. The van der Waals surface area contributed by atoms with E-state index in [1.54, 1.807) is 16.7 Å². The van der Waals surface area contributed by atoms with Crippen LogP contribution in [0.5, 0.6) is 0 Å². The van der Waals surface area contributed by atoms with Crippen LogP contribution in [0.3, 0.4) is 0 Å². The fraction of sp³-hybridized carbons (Fsp3) is 0.533. The zero-order valence-electron chi connectivity index (χ0n) is 12.7. The van der Waals surface area contributed by atoms with Crippen molar-refractivity contribution >= 4 is 39.8 Å². The normalized spacial score (nSPS) is 28.3. The van der Waals surface area contributed by atoms with Crippen molar-refractivity contribution in [3.8, 4) is 0 Å². The Morgan fingerprint density at radius 3 is 2.91 bits per heavy atom. The lowest BCUT2D eigenvalue weighted by molar-refractivity contribution is -0.0871. The molecule has 0 N–H and O–H groups in total. The molecular weight excluding hydrogens is 437 g/mol. The van der Waals surface area contributed by atoms with Crippen LogP contribution in [-0.4, -0.2) is 25.5 Å². The molecule has 3 atom stereocenters. The van der Waals surface area contributed by atoms with E-state index in [2.05, 4.69) is 37.8 Å². The van der Waals surface area contributed by atoms with Crippen molar-refractivity contribution < 1.29 is 8.78 Å². The number of halogens is 4. The van der Waals surface area contributed by atoms with Gasteiger partial charge in [-0.3, -0.25) is 4.40 Å². The van der Waals surface area contributed by atoms with E-state index in [1.807, 2.05) is 13.8 Å². The van der Waals surface area contributed by atoms with Gasteiger partial charge in [-0.15, -0.1) is 10.2 Å². The Labute approximate surface area is 151 Å². The molecule has 4 nitrogen and oxygen atoms in total. The second-order valence-corrected chi connectivity index (χ2v) is 8.17. The molecule has 2 aromatic heterocycles. The first kappa shape index (κ1) is 17.0. The Balaban J connectivity index is 1.97. The topological polar surface area (TPSA) is 43.1 Å². The maximum atomic E-state index is 14.6. The molecule has 0 spiro atoms. The number of hydrogen-bond acceptors (Lipinski definition) is 3. The molecule has 1 aliphatic rings. The Kier molecular flexibility index (Phi) is 4.61. The molecule has 1 aliphatic carbocycles. The fourth-order valence-electron chi connectivity index (χ4n) is 3.26. The molecule has 2 heterocycles. The first-order valence-electron chi connectivity index (χ1n) is 7.36. The summed E-state index contributed by atoms with van der Waals surface area (Å²) < 4.78 is 31.7. The summed E-state index contributed by atoms with van der Waals surface area (Å²) in [4.78, 5) is 3.94. The molecule has 0 bridgehead atoms. The summed E-state index contributed by atoms with van der Waals surface area (Å²) >= 11 is 8.07. The van der Waals surface area contributed by atoms with Crippen LogP contribution in [0.25, 0.3) is 5.65 Å². The van der Waals surface area contributed by atoms with Gasteiger partial charge in [0.05, 0.1) is 0 Å². The van der Waals surface area contributed by atoms with Crippen LogP contribution < -0.4 is 0 Å². The van der Waals surface area contributed by atoms with Gasteiger partial charge in [0.25, 0.3) is 5.92 Å². The van der Waals surface area contributed by atoms with Gasteiger partial charge in [-0.25, -0.2) is 13.8 Å². The average molecular weight is 453 g/mol. The fourth-order valence-corrected chi connectivity index (χ4v) is 3.88. The Hall–Kier alpha value is -0.830. The predicted molar refractivity (Wildman–Crippen MR) is 93.1 cm³/mol. The quantitative estimate of drug-likeness (QED) is 0.610. The van der Waals surface area contributed by atoms with Crippen molar-refractivity contribution in [1.82, 2.24) is 19.6 Å². The maximum Gasteiger partial charge on any atom is 0.255 e. The zero-order chi connectivity index (χ0) is 16.8. The summed E-state index contributed by atoms with van der Waals surface area (Å²) in [6.07, 6.45) is 5.06. The highest BCUT2D eigenvalue weighted by Crippen LogP contribution is 2.49. The highest BCUT2D eigenvalue weighted by atomic mass is 127. The van der Waals surface area contributed by atoms with Gasteiger partial charge in [-0.2, -0.15) is 0 Å². The number of aromatic nitrogens is 4. The Morgan fingerprint density at radius 2 is 2.22 bits per heavy atom. The van der Waals surface area contributed by atoms with Crippen LogP contribution in [0.4, 0.5) is 8.78 Å². The van der Waals surface area contributed by atoms with Crippen molar-refractivity contribution in [3.05, 3.63) is 33.0 Å². The first-order valence-corrected chi connectivity index (χ1v) is 8.82. The van der Waals surface area contributed by atoms with Gasteiger partial charge in [-0.1, -0.05) is 24.6 Å². The van der Waals surface area contributed by atoms with Gasteiger partial charge >= 0.3 is 0 Å². The molecule has 3 rings (SSSR count). The third-order valence-electron chi connectivity index (χ3n) is 4.42. The molecule has 1 saturated carbocycles. The molecule has 0 aromatic carbocycles. The van der Waals surface area contributed by atoms with Gasteiger partial charge in [0.15, 0.2) is 10.8 Å². The van der Waals surface area contributed by atoms with E-state index in [-0.39, 0.29) is 23.4 Å². The van der Waals surface area contributed by atoms with Crippen LogP contribution in [-0.2, 0) is 0 Å². The highest BCUT2D eigenvalue weighted by molar-refractivity contribution is 14.1. The lowest BCUT2D eigenvalue weighted by Gasteiger charge is -2.38. The molecule has 0 radical (unpaired) electrons. The average Bonchev–Trinajstić information content (AvgIpc) is 2.87. The molecule has 0 amide bonds. The Morgan fingerprint density at radius 1 is 1.48 bits per heavy atom. The summed E-state index contributed by atoms with van der Waals surface area (Å²) in [5.74, 6) is -3.24. The van der Waals surface area contributed by atoms with E-state index in [0.29, 0.717) is 17.9 Å². The van der Waals surface area contributed by atoms with Gasteiger partial charge in [0, 0.05) is 30.7 Å². The molecule has 0 saturated heterocycles. The molecule has 1 fully saturated rings. The first-order chi connectivity index (χ1) is 10.8. The largest absolute Gasteiger partial charge is 0.282 e. The minimum absolute atomic E-state index is 0.0750. The van der Waals surface area contributed by atoms with E-state index in [4.69, 9.17) is 11.6 Å². The Bertz CT molecular complexity index is 757. The standard InChI is InChI=1S/C15H16ClF2IN4/c1-8-5-10(6-9(2)19)15(17,18)7-11(8)13-21-22-14-12(16)20-3-4-23(13)14/h3-4,6,8,10-11H,5,7H2,1-2H3. The number of hydrogen-bond donors (Lipinski definition) is 0. The number of fused-ring (bicyclic) bond motifs is 1. The maximum absolute atomic E-state index is 14.6. The second-order valence-electron chi connectivity index (χ2n) is 6.11. The summed E-state index contributed by atoms with van der Waals surface area (Å²) in [5.41, 5.74) is 0.407. The van der Waals surface area contributed by atoms with Crippen molar-refractivity contribution in [2.75, 3.05) is 0 Å². The SMILES string of the molecule is CC(I)=CC1CC(C)C(c2nnc3c(Cl)nccn23)CC1(F)F. The zero-order valence-corrected chi connectivity index (χ0v) is 15.6. The molecule has 2 aromatic rings. The van der Waals surface area contributed by atoms with Gasteiger partial charge in [-0.05, 0) is 45.4 Å². The van der Waals surface area contributed by atoms with E-state index in [9.17, 15) is 8.78 Å². The third kappa shape index (κ3) is 3.22. The molecule has 0 aliphatic heterocycles. The molecule has 124 valence electrons. The van der Waals surface area contributed by atoms with E-state index in [1.165, 1.54) is 6.20 Å². The van der Waals surface area contributed by atoms with Crippen molar-refractivity contribution in [1.29, 1.82) is 0 Å². The lowest BCUT2D eigenvalue weighted by atomic mass is 9.72. The number of rotatable bonds is 2. The summed E-state index contributed by atoms with van der Waals surface area (Å²) in [7, 11) is 0. The van der Waals surface area contributed by atoms with Crippen LogP contribution in [0.15, 0.2) is 22.0 Å². The van der Waals surface area contributed by atoms with Gasteiger partial charge < -0.3 is 0 Å². The monoisotopic (exact) mass is 452 g/mol. The summed E-state index contributed by atoms with van der Waals surface area (Å²) in [5, 5.41) is 8.35. The second kappa shape index (κ2) is 6.23. The van der Waals surface area contributed by atoms with E-state index >= 15 is 0 Å².